The molecule has 0 bridgehead atoms. The van der Waals surface area contributed by atoms with E-state index in [9.17, 15) is 9.59 Å². The number of hydrogen-bond donors (Lipinski definition) is 3. The van der Waals surface area contributed by atoms with Crippen LogP contribution in [0.5, 0.6) is 0 Å². The van der Waals surface area contributed by atoms with Gasteiger partial charge in [-0.3, -0.25) is 9.59 Å². The third-order valence-corrected chi connectivity index (χ3v) is 2.17. The zero-order chi connectivity index (χ0) is 11.3. The minimum atomic E-state index is -0.449. The number of carbonyl (C=O) groups excluding carboxylic acids is 2. The van der Waals surface area contributed by atoms with Gasteiger partial charge in [0, 0.05) is 6.54 Å². The number of nitrogens with one attached hydrogen (secondary N) is 2. The van der Waals surface area contributed by atoms with E-state index >= 15 is 0 Å². The van der Waals surface area contributed by atoms with Gasteiger partial charge in [0.15, 0.2) is 0 Å². The van der Waals surface area contributed by atoms with Crippen LogP contribution in [0.3, 0.4) is 0 Å². The molecule has 0 saturated heterocycles. The molecular formula is C7H11N5O2S. The van der Waals surface area contributed by atoms with Gasteiger partial charge in [-0.15, -0.1) is 10.2 Å². The molecule has 15 heavy (non-hydrogen) atoms. The highest BCUT2D eigenvalue weighted by Crippen LogP contribution is 2.09. The first-order valence-corrected chi connectivity index (χ1v) is 5.09. The molecule has 7 nitrogen and oxygen atoms in total. The van der Waals surface area contributed by atoms with Crippen molar-refractivity contribution in [3.05, 3.63) is 5.01 Å². The zero-order valence-corrected chi connectivity index (χ0v) is 8.93. The SMILES string of the molecule is CCNC(=O)CNC(=O)c1nnc(N)s1. The normalized spacial score (nSPS) is 9.67. The summed E-state index contributed by atoms with van der Waals surface area (Å²) in [6, 6.07) is 0. The molecule has 0 unspecified atom stereocenters. The van der Waals surface area contributed by atoms with Crippen molar-refractivity contribution >= 4 is 28.3 Å². The van der Waals surface area contributed by atoms with Gasteiger partial charge in [-0.1, -0.05) is 11.3 Å². The minimum Gasteiger partial charge on any atom is -0.374 e. The fourth-order valence-electron chi connectivity index (χ4n) is 0.822. The molecule has 1 aromatic rings. The van der Waals surface area contributed by atoms with E-state index in [4.69, 9.17) is 5.73 Å². The summed E-state index contributed by atoms with van der Waals surface area (Å²) >= 11 is 0.973. The number of amides is 2. The van der Waals surface area contributed by atoms with Crippen molar-refractivity contribution in [1.29, 1.82) is 0 Å². The second-order valence-electron chi connectivity index (χ2n) is 2.58. The van der Waals surface area contributed by atoms with Crippen molar-refractivity contribution in [1.82, 2.24) is 20.8 Å². The third-order valence-electron chi connectivity index (χ3n) is 1.42. The predicted octanol–water partition coefficient (Wildman–Crippen LogP) is -1.01. The van der Waals surface area contributed by atoms with Crippen LogP contribution in [0.15, 0.2) is 0 Å². The smallest absolute Gasteiger partial charge is 0.282 e. The molecule has 0 aromatic carbocycles. The van der Waals surface area contributed by atoms with Gasteiger partial charge in [0.2, 0.25) is 16.0 Å². The first-order chi connectivity index (χ1) is 7.13. The molecule has 0 aliphatic heterocycles. The molecule has 4 N–H and O–H groups in total. The molecule has 0 radical (unpaired) electrons. The Balaban J connectivity index is 2.40. The van der Waals surface area contributed by atoms with Crippen molar-refractivity contribution < 1.29 is 9.59 Å². The topological polar surface area (TPSA) is 110 Å². The number of hydrogen-bond acceptors (Lipinski definition) is 6. The van der Waals surface area contributed by atoms with Gasteiger partial charge in [-0.05, 0) is 6.92 Å². The number of rotatable bonds is 4. The lowest BCUT2D eigenvalue weighted by Gasteiger charge is -2.02. The maximum atomic E-state index is 11.3. The fraction of sp³-hybridized carbons (Fsp3) is 0.429. The molecule has 0 saturated carbocycles. The Hall–Kier alpha value is -1.70. The van der Waals surface area contributed by atoms with E-state index in [0.29, 0.717) is 6.54 Å². The summed E-state index contributed by atoms with van der Waals surface area (Å²) in [5.41, 5.74) is 5.31. The molecule has 0 aliphatic rings. The highest BCUT2D eigenvalue weighted by atomic mass is 32.1. The van der Waals surface area contributed by atoms with Crippen LogP contribution in [-0.2, 0) is 4.79 Å². The van der Waals surface area contributed by atoms with Crippen LogP contribution in [0.4, 0.5) is 5.13 Å². The largest absolute Gasteiger partial charge is 0.374 e. The average Bonchev–Trinajstić information content (AvgIpc) is 2.62. The van der Waals surface area contributed by atoms with Crippen LogP contribution in [0.2, 0.25) is 0 Å². The summed E-state index contributed by atoms with van der Waals surface area (Å²) in [4.78, 5) is 22.3. The van der Waals surface area contributed by atoms with Gasteiger partial charge in [-0.2, -0.15) is 0 Å². The van der Waals surface area contributed by atoms with E-state index in [1.165, 1.54) is 0 Å². The molecular weight excluding hydrogens is 218 g/mol. The van der Waals surface area contributed by atoms with Crippen LogP contribution in [0.25, 0.3) is 0 Å². The fourth-order valence-corrected chi connectivity index (χ4v) is 1.35. The van der Waals surface area contributed by atoms with Crippen LogP contribution in [0.1, 0.15) is 16.7 Å². The van der Waals surface area contributed by atoms with Crippen molar-refractivity contribution in [3.8, 4) is 0 Å². The van der Waals surface area contributed by atoms with Crippen molar-refractivity contribution in [2.24, 2.45) is 0 Å². The second-order valence-corrected chi connectivity index (χ2v) is 3.59. The Kier molecular flexibility index (Phi) is 3.98. The number of nitrogens with zero attached hydrogens (tertiary/aromatic N) is 2. The highest BCUT2D eigenvalue weighted by Gasteiger charge is 2.12. The molecule has 2 amide bonds. The van der Waals surface area contributed by atoms with Gasteiger partial charge in [0.1, 0.15) is 0 Å². The number of likely N-dealkylation sites (N-methyl/N-ethyl adjacent to an activating group) is 1. The lowest BCUT2D eigenvalue weighted by molar-refractivity contribution is -0.120. The second kappa shape index (κ2) is 5.25. The summed E-state index contributed by atoms with van der Waals surface area (Å²) < 4.78 is 0. The quantitative estimate of drug-likeness (QED) is 0.612. The Morgan fingerprint density at radius 3 is 2.67 bits per heavy atom. The first kappa shape index (κ1) is 11.4. The van der Waals surface area contributed by atoms with Gasteiger partial charge >= 0.3 is 0 Å². The standard InChI is InChI=1S/C7H11N5O2S/c1-2-9-4(13)3-10-5(14)6-11-12-7(8)15-6/h2-3H2,1H3,(H2,8,12)(H,9,13)(H,10,14). The Bertz CT molecular complexity index is 364. The molecule has 0 aliphatic carbocycles. The van der Waals surface area contributed by atoms with Crippen LogP contribution >= 0.6 is 11.3 Å². The Morgan fingerprint density at radius 1 is 1.40 bits per heavy atom. The summed E-state index contributed by atoms with van der Waals surface area (Å²) in [5, 5.41) is 12.3. The first-order valence-electron chi connectivity index (χ1n) is 4.27. The van der Waals surface area contributed by atoms with E-state index in [2.05, 4.69) is 20.8 Å². The summed E-state index contributed by atoms with van der Waals surface area (Å²) in [5.74, 6) is -0.696. The Morgan fingerprint density at radius 2 is 2.13 bits per heavy atom. The monoisotopic (exact) mass is 229 g/mol. The van der Waals surface area contributed by atoms with Gasteiger partial charge in [-0.25, -0.2) is 0 Å². The lowest BCUT2D eigenvalue weighted by atomic mass is 10.5. The number of nitrogen functional groups attached to an aromatic ring is 1. The van der Waals surface area contributed by atoms with Crippen molar-refractivity contribution in [2.45, 2.75) is 6.92 Å². The summed E-state index contributed by atoms with van der Waals surface area (Å²) in [6.45, 7) is 2.25. The van der Waals surface area contributed by atoms with Gasteiger partial charge in [0.25, 0.3) is 5.91 Å². The Labute approximate surface area is 90.1 Å². The average molecular weight is 229 g/mol. The summed E-state index contributed by atoms with van der Waals surface area (Å²) in [7, 11) is 0. The van der Waals surface area contributed by atoms with E-state index in [-0.39, 0.29) is 22.6 Å². The number of nitrogens with two attached hydrogens (primary N) is 1. The zero-order valence-electron chi connectivity index (χ0n) is 8.11. The van der Waals surface area contributed by atoms with Crippen LogP contribution in [-0.4, -0.2) is 35.1 Å². The van der Waals surface area contributed by atoms with Crippen LogP contribution in [0, 0.1) is 0 Å². The molecule has 0 spiro atoms. The molecule has 1 heterocycles. The van der Waals surface area contributed by atoms with E-state index < -0.39 is 5.91 Å². The molecule has 1 aromatic heterocycles. The van der Waals surface area contributed by atoms with Gasteiger partial charge < -0.3 is 16.4 Å². The summed E-state index contributed by atoms with van der Waals surface area (Å²) in [6.07, 6.45) is 0. The third kappa shape index (κ3) is 3.50. The number of carbonyl (C=O) groups is 2. The number of anilines is 1. The highest BCUT2D eigenvalue weighted by molar-refractivity contribution is 7.16. The number of aromatic nitrogens is 2. The molecule has 0 fully saturated rings. The van der Waals surface area contributed by atoms with E-state index in [1.807, 2.05) is 0 Å². The molecule has 1 rings (SSSR count). The maximum absolute atomic E-state index is 11.3. The lowest BCUT2D eigenvalue weighted by Crippen LogP contribution is -2.36. The molecule has 8 heteroatoms. The van der Waals surface area contributed by atoms with Gasteiger partial charge in [0.05, 0.1) is 6.54 Å². The predicted molar refractivity (Wildman–Crippen MR) is 55.3 cm³/mol. The molecule has 0 atom stereocenters. The molecule has 82 valence electrons. The van der Waals surface area contributed by atoms with Crippen molar-refractivity contribution in [2.75, 3.05) is 18.8 Å². The van der Waals surface area contributed by atoms with E-state index in [0.717, 1.165) is 11.3 Å². The van der Waals surface area contributed by atoms with Crippen molar-refractivity contribution in [3.63, 3.8) is 0 Å². The van der Waals surface area contributed by atoms with E-state index in [1.54, 1.807) is 6.92 Å². The minimum absolute atomic E-state index is 0.0772. The maximum Gasteiger partial charge on any atom is 0.282 e. The van der Waals surface area contributed by atoms with Crippen LogP contribution < -0.4 is 16.4 Å².